The molecule has 0 bridgehead atoms. The molecule has 0 aliphatic heterocycles. The molecule has 0 fully saturated rings. The topological polar surface area (TPSA) is 59.4 Å². The number of aromatic nitrogens is 1. The van der Waals surface area contributed by atoms with Crippen LogP contribution in [-0.4, -0.2) is 21.7 Å². The minimum absolute atomic E-state index is 0.546. The third-order valence-electron chi connectivity index (χ3n) is 2.43. The Morgan fingerprint density at radius 1 is 1.37 bits per heavy atom. The maximum absolute atomic E-state index is 11.5. The molecular formula is C13H17BrINO3. The van der Waals surface area contributed by atoms with Crippen LogP contribution < -0.4 is 0 Å². The SMILES string of the molecule is Cc1nc(C)c(C(OC(C)(C)C)C(=O)O)c(I)c1Br. The predicted octanol–water partition coefficient (Wildman–Crippen LogP) is 4.01. The van der Waals surface area contributed by atoms with Crippen molar-refractivity contribution in [2.24, 2.45) is 0 Å². The minimum Gasteiger partial charge on any atom is -0.479 e. The molecule has 0 saturated carbocycles. The molecule has 0 spiro atoms. The molecule has 1 atom stereocenters. The number of pyridine rings is 1. The van der Waals surface area contributed by atoms with Gasteiger partial charge < -0.3 is 9.84 Å². The van der Waals surface area contributed by atoms with Crippen molar-refractivity contribution in [2.75, 3.05) is 0 Å². The van der Waals surface area contributed by atoms with E-state index in [0.717, 1.165) is 13.7 Å². The number of aryl methyl sites for hydroxylation is 2. The second kappa shape index (κ2) is 6.05. The van der Waals surface area contributed by atoms with Crippen LogP contribution in [0, 0.1) is 17.4 Å². The van der Waals surface area contributed by atoms with Crippen molar-refractivity contribution in [3.05, 3.63) is 25.0 Å². The largest absolute Gasteiger partial charge is 0.479 e. The first-order valence-electron chi connectivity index (χ1n) is 5.77. The molecule has 1 N–H and O–H groups in total. The summed E-state index contributed by atoms with van der Waals surface area (Å²) in [7, 11) is 0. The summed E-state index contributed by atoms with van der Waals surface area (Å²) in [6.45, 7) is 9.19. The molecule has 0 radical (unpaired) electrons. The second-order valence-electron chi connectivity index (χ2n) is 5.27. The summed E-state index contributed by atoms with van der Waals surface area (Å²) in [4.78, 5) is 15.9. The summed E-state index contributed by atoms with van der Waals surface area (Å²) in [6.07, 6.45) is -1.02. The first-order valence-corrected chi connectivity index (χ1v) is 7.64. The van der Waals surface area contributed by atoms with Gasteiger partial charge in [0.15, 0.2) is 6.10 Å². The normalized spacial score (nSPS) is 13.4. The number of carboxylic acid groups (broad SMARTS) is 1. The highest BCUT2D eigenvalue weighted by Crippen LogP contribution is 2.34. The van der Waals surface area contributed by atoms with Crippen molar-refractivity contribution in [3.8, 4) is 0 Å². The van der Waals surface area contributed by atoms with Gasteiger partial charge in [-0.15, -0.1) is 0 Å². The molecule has 4 nitrogen and oxygen atoms in total. The number of carboxylic acids is 1. The summed E-state index contributed by atoms with van der Waals surface area (Å²) in [6, 6.07) is 0. The maximum atomic E-state index is 11.5. The second-order valence-corrected chi connectivity index (χ2v) is 7.14. The molecule has 1 heterocycles. The van der Waals surface area contributed by atoms with Crippen LogP contribution in [0.25, 0.3) is 0 Å². The van der Waals surface area contributed by atoms with E-state index in [4.69, 9.17) is 4.74 Å². The summed E-state index contributed by atoms with van der Waals surface area (Å²) in [5, 5.41) is 9.43. The van der Waals surface area contributed by atoms with E-state index in [1.807, 2.05) is 27.7 Å². The number of hydrogen-bond donors (Lipinski definition) is 1. The quantitative estimate of drug-likeness (QED) is 0.720. The van der Waals surface area contributed by atoms with E-state index in [1.54, 1.807) is 6.92 Å². The van der Waals surface area contributed by atoms with Crippen LogP contribution in [-0.2, 0) is 9.53 Å². The molecule has 106 valence electrons. The third kappa shape index (κ3) is 4.13. The molecule has 0 aromatic carbocycles. The smallest absolute Gasteiger partial charge is 0.337 e. The Kier molecular flexibility index (Phi) is 5.36. The van der Waals surface area contributed by atoms with Crippen LogP contribution >= 0.6 is 38.5 Å². The fourth-order valence-electron chi connectivity index (χ4n) is 1.69. The van der Waals surface area contributed by atoms with E-state index < -0.39 is 17.7 Å². The molecule has 0 amide bonds. The molecule has 19 heavy (non-hydrogen) atoms. The zero-order valence-electron chi connectivity index (χ0n) is 11.5. The van der Waals surface area contributed by atoms with E-state index in [1.165, 1.54) is 0 Å². The van der Waals surface area contributed by atoms with Gasteiger partial charge in [0.05, 0.1) is 15.8 Å². The first kappa shape index (κ1) is 16.8. The van der Waals surface area contributed by atoms with E-state index in [2.05, 4.69) is 43.5 Å². The molecule has 1 aromatic rings. The molecule has 0 aliphatic carbocycles. The highest BCUT2D eigenvalue weighted by molar-refractivity contribution is 14.1. The summed E-state index contributed by atoms with van der Waals surface area (Å²) in [5.41, 5.74) is 1.59. The number of aliphatic carboxylic acids is 1. The van der Waals surface area contributed by atoms with Gasteiger partial charge in [-0.05, 0) is 73.1 Å². The number of nitrogens with zero attached hydrogens (tertiary/aromatic N) is 1. The minimum atomic E-state index is -1.02. The van der Waals surface area contributed by atoms with E-state index in [0.29, 0.717) is 11.3 Å². The highest BCUT2D eigenvalue weighted by atomic mass is 127. The number of rotatable bonds is 3. The highest BCUT2D eigenvalue weighted by Gasteiger charge is 2.31. The van der Waals surface area contributed by atoms with Gasteiger partial charge in [0.2, 0.25) is 0 Å². The van der Waals surface area contributed by atoms with Gasteiger partial charge in [-0.3, -0.25) is 4.98 Å². The van der Waals surface area contributed by atoms with E-state index in [9.17, 15) is 9.90 Å². The standard InChI is InChI=1S/C13H17BrINO3/c1-6-8(10(15)9(14)7(2)16-6)11(12(17)18)19-13(3,4)5/h11H,1-5H3,(H,17,18). The van der Waals surface area contributed by atoms with Gasteiger partial charge in [-0.25, -0.2) is 4.79 Å². The van der Waals surface area contributed by atoms with Crippen LogP contribution in [0.15, 0.2) is 4.47 Å². The molecule has 0 aliphatic rings. The molecule has 1 rings (SSSR count). The lowest BCUT2D eigenvalue weighted by Gasteiger charge is -2.27. The Bertz CT molecular complexity index is 512. The third-order valence-corrected chi connectivity index (χ3v) is 5.26. The van der Waals surface area contributed by atoms with Crippen molar-refractivity contribution >= 4 is 44.5 Å². The Morgan fingerprint density at radius 2 is 1.89 bits per heavy atom. The van der Waals surface area contributed by atoms with Crippen LogP contribution in [0.5, 0.6) is 0 Å². The van der Waals surface area contributed by atoms with Crippen LogP contribution in [0.2, 0.25) is 0 Å². The summed E-state index contributed by atoms with van der Waals surface area (Å²) >= 11 is 5.57. The van der Waals surface area contributed by atoms with Gasteiger partial charge in [-0.1, -0.05) is 0 Å². The zero-order valence-corrected chi connectivity index (χ0v) is 15.3. The first-order chi connectivity index (χ1) is 8.54. The van der Waals surface area contributed by atoms with E-state index in [-0.39, 0.29) is 0 Å². The molecule has 1 unspecified atom stereocenters. The maximum Gasteiger partial charge on any atom is 0.337 e. The zero-order chi connectivity index (χ0) is 15.0. The van der Waals surface area contributed by atoms with Crippen LogP contribution in [0.3, 0.4) is 0 Å². The predicted molar refractivity (Wildman–Crippen MR) is 85.3 cm³/mol. The average Bonchev–Trinajstić information content (AvgIpc) is 2.23. The Balaban J connectivity index is 3.40. The van der Waals surface area contributed by atoms with Crippen LogP contribution in [0.4, 0.5) is 0 Å². The fraction of sp³-hybridized carbons (Fsp3) is 0.538. The lowest BCUT2D eigenvalue weighted by Crippen LogP contribution is -2.28. The Labute approximate surface area is 135 Å². The summed E-state index contributed by atoms with van der Waals surface area (Å²) < 4.78 is 7.33. The van der Waals surface area contributed by atoms with Crippen LogP contribution in [0.1, 0.15) is 43.8 Å². The monoisotopic (exact) mass is 441 g/mol. The van der Waals surface area contributed by atoms with E-state index >= 15 is 0 Å². The number of carbonyl (C=O) groups is 1. The summed E-state index contributed by atoms with van der Waals surface area (Å²) in [5.74, 6) is -1.01. The van der Waals surface area contributed by atoms with Gasteiger partial charge in [0.1, 0.15) is 0 Å². The Hall–Kier alpha value is -0.210. The number of halogens is 2. The van der Waals surface area contributed by atoms with Gasteiger partial charge in [0, 0.05) is 14.8 Å². The lowest BCUT2D eigenvalue weighted by molar-refractivity contribution is -0.160. The Morgan fingerprint density at radius 3 is 2.32 bits per heavy atom. The van der Waals surface area contributed by atoms with Gasteiger partial charge >= 0.3 is 5.97 Å². The molecular weight excluding hydrogens is 425 g/mol. The molecule has 0 saturated heterocycles. The fourth-order valence-corrected chi connectivity index (χ4v) is 3.05. The van der Waals surface area contributed by atoms with Crippen molar-refractivity contribution in [3.63, 3.8) is 0 Å². The lowest BCUT2D eigenvalue weighted by atomic mass is 10.1. The van der Waals surface area contributed by atoms with Gasteiger partial charge in [0.25, 0.3) is 0 Å². The molecule has 1 aromatic heterocycles. The van der Waals surface area contributed by atoms with Crippen molar-refractivity contribution in [2.45, 2.75) is 46.3 Å². The van der Waals surface area contributed by atoms with Crippen molar-refractivity contribution in [1.82, 2.24) is 4.98 Å². The number of hydrogen-bond acceptors (Lipinski definition) is 3. The van der Waals surface area contributed by atoms with Crippen molar-refractivity contribution in [1.29, 1.82) is 0 Å². The average molecular weight is 442 g/mol. The molecule has 6 heteroatoms. The van der Waals surface area contributed by atoms with Gasteiger partial charge in [-0.2, -0.15) is 0 Å². The number of ether oxygens (including phenoxy) is 1. The van der Waals surface area contributed by atoms with Crippen molar-refractivity contribution < 1.29 is 14.6 Å².